The first-order valence-electron chi connectivity index (χ1n) is 4.29. The first-order valence-corrected chi connectivity index (χ1v) is 4.29. The van der Waals surface area contributed by atoms with Crippen molar-refractivity contribution in [2.75, 3.05) is 0 Å². The smallest absolute Gasteiger partial charge is 0.141 e. The van der Waals surface area contributed by atoms with E-state index in [0.29, 0.717) is 5.92 Å². The fraction of sp³-hybridized carbons (Fsp3) is 0.500. The molecule has 2 heteroatoms. The van der Waals surface area contributed by atoms with E-state index in [9.17, 15) is 4.39 Å². The van der Waals surface area contributed by atoms with Crippen molar-refractivity contribution in [3.8, 4) is 0 Å². The number of hydrogen-bond acceptors (Lipinski definition) is 1. The highest BCUT2D eigenvalue weighted by Crippen LogP contribution is 2.18. The maximum atomic E-state index is 12.8. The lowest BCUT2D eigenvalue weighted by atomic mass is 10.0. The molecule has 0 aliphatic heterocycles. The number of nitrogens with zero attached hydrogens (tertiary/aromatic N) is 1. The van der Waals surface area contributed by atoms with Crippen LogP contribution in [0, 0.1) is 5.82 Å². The van der Waals surface area contributed by atoms with Gasteiger partial charge in [-0.2, -0.15) is 0 Å². The number of aromatic nitrogens is 1. The molecule has 0 saturated carbocycles. The summed E-state index contributed by atoms with van der Waals surface area (Å²) in [5, 5.41) is 0. The fourth-order valence-corrected chi connectivity index (χ4v) is 1.28. The van der Waals surface area contributed by atoms with E-state index in [1.54, 1.807) is 6.07 Å². The Hall–Kier alpha value is -0.920. The van der Waals surface area contributed by atoms with Gasteiger partial charge in [0.1, 0.15) is 5.82 Å². The topological polar surface area (TPSA) is 12.9 Å². The minimum absolute atomic E-state index is 0.240. The van der Waals surface area contributed by atoms with Gasteiger partial charge in [-0.25, -0.2) is 4.39 Å². The highest BCUT2D eigenvalue weighted by molar-refractivity contribution is 5.23. The zero-order chi connectivity index (χ0) is 9.14. The van der Waals surface area contributed by atoms with Crippen molar-refractivity contribution in [2.45, 2.75) is 33.1 Å². The molecule has 0 aliphatic carbocycles. The summed E-state index contributed by atoms with van der Waals surface area (Å²) < 4.78 is 12.8. The quantitative estimate of drug-likeness (QED) is 0.660. The maximum absolute atomic E-state index is 12.8. The molecule has 0 bridgehead atoms. The highest BCUT2D eigenvalue weighted by atomic mass is 19.1. The van der Waals surface area contributed by atoms with Gasteiger partial charge < -0.3 is 0 Å². The van der Waals surface area contributed by atoms with Crippen LogP contribution in [0.5, 0.6) is 0 Å². The lowest BCUT2D eigenvalue weighted by Crippen LogP contribution is -1.99. The molecule has 0 aliphatic rings. The molecule has 0 N–H and O–H groups in total. The molecular formula is C10H14FN. The van der Waals surface area contributed by atoms with E-state index in [4.69, 9.17) is 0 Å². The predicted octanol–water partition coefficient (Wildman–Crippen LogP) is 2.91. The molecule has 0 aromatic carbocycles. The Morgan fingerprint density at radius 2 is 2.17 bits per heavy atom. The number of rotatable bonds is 2. The van der Waals surface area contributed by atoms with Crippen LogP contribution in [-0.2, 0) is 6.42 Å². The van der Waals surface area contributed by atoms with Crippen molar-refractivity contribution < 1.29 is 4.39 Å². The van der Waals surface area contributed by atoms with Crippen LogP contribution < -0.4 is 0 Å². The number of hydrogen-bond donors (Lipinski definition) is 0. The molecule has 1 heterocycles. The van der Waals surface area contributed by atoms with Crippen LogP contribution in [-0.4, -0.2) is 4.98 Å². The normalized spacial score (nSPS) is 10.8. The van der Waals surface area contributed by atoms with Gasteiger partial charge >= 0.3 is 0 Å². The van der Waals surface area contributed by atoms with Gasteiger partial charge in [0, 0.05) is 5.69 Å². The van der Waals surface area contributed by atoms with Crippen LogP contribution in [0.3, 0.4) is 0 Å². The van der Waals surface area contributed by atoms with E-state index in [1.165, 1.54) is 6.20 Å². The van der Waals surface area contributed by atoms with Crippen molar-refractivity contribution in [1.29, 1.82) is 0 Å². The van der Waals surface area contributed by atoms with Crippen molar-refractivity contribution in [3.05, 3.63) is 29.3 Å². The summed E-state index contributed by atoms with van der Waals surface area (Å²) >= 11 is 0. The van der Waals surface area contributed by atoms with Crippen molar-refractivity contribution in [1.82, 2.24) is 4.98 Å². The summed E-state index contributed by atoms with van der Waals surface area (Å²) in [4.78, 5) is 4.04. The zero-order valence-electron chi connectivity index (χ0n) is 7.76. The summed E-state index contributed by atoms with van der Waals surface area (Å²) in [7, 11) is 0. The predicted molar refractivity (Wildman–Crippen MR) is 47.7 cm³/mol. The van der Waals surface area contributed by atoms with E-state index in [-0.39, 0.29) is 5.82 Å². The van der Waals surface area contributed by atoms with Crippen LogP contribution in [0.4, 0.5) is 4.39 Å². The summed E-state index contributed by atoms with van der Waals surface area (Å²) in [6.45, 7) is 6.14. The molecule has 1 nitrogen and oxygen atoms in total. The molecule has 1 aromatic rings. The number of aryl methyl sites for hydroxylation is 1. The van der Waals surface area contributed by atoms with Crippen LogP contribution in [0.1, 0.15) is 37.9 Å². The highest BCUT2D eigenvalue weighted by Gasteiger charge is 2.07. The second-order valence-electron chi connectivity index (χ2n) is 3.20. The van der Waals surface area contributed by atoms with Crippen molar-refractivity contribution in [3.63, 3.8) is 0 Å². The Morgan fingerprint density at radius 3 is 2.67 bits per heavy atom. The molecule has 12 heavy (non-hydrogen) atoms. The largest absolute Gasteiger partial charge is 0.258 e. The van der Waals surface area contributed by atoms with E-state index in [1.807, 2.05) is 6.92 Å². The number of pyridine rings is 1. The standard InChI is InChI=1S/C10H14FN/c1-4-10-9(7(2)3)5-8(11)6-12-10/h5-7H,4H2,1-3H3. The van der Waals surface area contributed by atoms with Gasteiger partial charge in [-0.1, -0.05) is 20.8 Å². The minimum atomic E-state index is -0.240. The van der Waals surface area contributed by atoms with Gasteiger partial charge in [0.25, 0.3) is 0 Å². The molecule has 0 radical (unpaired) electrons. The van der Waals surface area contributed by atoms with Crippen LogP contribution in [0.15, 0.2) is 12.3 Å². The van der Waals surface area contributed by atoms with Gasteiger partial charge in [-0.15, -0.1) is 0 Å². The van der Waals surface area contributed by atoms with Crippen LogP contribution >= 0.6 is 0 Å². The summed E-state index contributed by atoms with van der Waals surface area (Å²) in [5.74, 6) is 0.110. The molecule has 0 amide bonds. The molecule has 0 saturated heterocycles. The van der Waals surface area contributed by atoms with Crippen molar-refractivity contribution in [2.24, 2.45) is 0 Å². The lowest BCUT2D eigenvalue weighted by Gasteiger charge is -2.09. The molecular weight excluding hydrogens is 153 g/mol. The Kier molecular flexibility index (Phi) is 2.79. The molecule has 0 atom stereocenters. The summed E-state index contributed by atoms with van der Waals surface area (Å²) in [6.07, 6.45) is 2.15. The van der Waals surface area contributed by atoms with E-state index in [2.05, 4.69) is 18.8 Å². The molecule has 0 unspecified atom stereocenters. The van der Waals surface area contributed by atoms with E-state index in [0.717, 1.165) is 17.7 Å². The van der Waals surface area contributed by atoms with Crippen molar-refractivity contribution >= 4 is 0 Å². The summed E-state index contributed by atoms with van der Waals surface area (Å²) in [6, 6.07) is 1.58. The molecule has 66 valence electrons. The Labute approximate surface area is 72.6 Å². The van der Waals surface area contributed by atoms with Gasteiger partial charge in [-0.3, -0.25) is 4.98 Å². The molecule has 0 fully saturated rings. The monoisotopic (exact) mass is 167 g/mol. The van der Waals surface area contributed by atoms with Crippen LogP contribution in [0.25, 0.3) is 0 Å². The molecule has 1 aromatic heterocycles. The Bertz CT molecular complexity index is 269. The SMILES string of the molecule is CCc1ncc(F)cc1C(C)C. The minimum Gasteiger partial charge on any atom is -0.258 e. The second-order valence-corrected chi connectivity index (χ2v) is 3.20. The third-order valence-electron chi connectivity index (χ3n) is 1.93. The number of halogens is 1. The lowest BCUT2D eigenvalue weighted by molar-refractivity contribution is 0.612. The summed E-state index contributed by atoms with van der Waals surface area (Å²) in [5.41, 5.74) is 2.03. The second kappa shape index (κ2) is 3.65. The zero-order valence-corrected chi connectivity index (χ0v) is 7.76. The average molecular weight is 167 g/mol. The fourth-order valence-electron chi connectivity index (χ4n) is 1.28. The molecule has 1 rings (SSSR count). The Morgan fingerprint density at radius 1 is 1.50 bits per heavy atom. The Balaban J connectivity index is 3.12. The first kappa shape index (κ1) is 9.17. The average Bonchev–Trinajstić information content (AvgIpc) is 2.04. The van der Waals surface area contributed by atoms with Gasteiger partial charge in [-0.05, 0) is 24.0 Å². The van der Waals surface area contributed by atoms with E-state index >= 15 is 0 Å². The van der Waals surface area contributed by atoms with Crippen LogP contribution in [0.2, 0.25) is 0 Å². The van der Waals surface area contributed by atoms with E-state index < -0.39 is 0 Å². The third kappa shape index (κ3) is 1.81. The van der Waals surface area contributed by atoms with Gasteiger partial charge in [0.05, 0.1) is 6.20 Å². The van der Waals surface area contributed by atoms with Gasteiger partial charge in [0.2, 0.25) is 0 Å². The maximum Gasteiger partial charge on any atom is 0.141 e. The third-order valence-corrected chi connectivity index (χ3v) is 1.93. The first-order chi connectivity index (χ1) is 5.65. The van der Waals surface area contributed by atoms with Gasteiger partial charge in [0.15, 0.2) is 0 Å². The molecule has 0 spiro atoms.